The lowest BCUT2D eigenvalue weighted by atomic mass is 10.1. The maximum absolute atomic E-state index is 12.5. The molecule has 3 amide bonds. The number of nitrogens with zero attached hydrogens (tertiary/aromatic N) is 4. The molecule has 0 saturated carbocycles. The summed E-state index contributed by atoms with van der Waals surface area (Å²) < 4.78 is 0.815. The minimum absolute atomic E-state index is 0.0990. The number of hydrogen-bond donors (Lipinski definition) is 3. The number of rotatable bonds is 7. The predicted octanol–water partition coefficient (Wildman–Crippen LogP) is 2.21. The second kappa shape index (κ2) is 9.25. The van der Waals surface area contributed by atoms with Gasteiger partial charge < -0.3 is 14.9 Å². The summed E-state index contributed by atoms with van der Waals surface area (Å²) in [4.78, 5) is 32.2. The van der Waals surface area contributed by atoms with Crippen molar-refractivity contribution in [3.05, 3.63) is 28.2 Å². The number of benzene rings is 1. The van der Waals surface area contributed by atoms with Gasteiger partial charge in [0.2, 0.25) is 5.96 Å². The van der Waals surface area contributed by atoms with Crippen molar-refractivity contribution in [2.45, 2.75) is 44.8 Å². The Kier molecular flexibility index (Phi) is 6.73. The Morgan fingerprint density at radius 2 is 2.14 bits per heavy atom. The Balaban J connectivity index is 1.77. The summed E-state index contributed by atoms with van der Waals surface area (Å²) in [5, 5.41) is 16.5. The van der Waals surface area contributed by atoms with Gasteiger partial charge in [0.1, 0.15) is 5.75 Å². The number of phenols is 1. The van der Waals surface area contributed by atoms with E-state index in [1.807, 2.05) is 4.90 Å². The molecule has 2 unspecified atom stereocenters. The zero-order chi connectivity index (χ0) is 21.0. The molecule has 2 aliphatic rings. The summed E-state index contributed by atoms with van der Waals surface area (Å²) in [7, 11) is 1.62. The molecule has 9 nitrogen and oxygen atoms in total. The Bertz CT molecular complexity index is 843. The fraction of sp³-hybridized carbons (Fsp3) is 0.474. The van der Waals surface area contributed by atoms with Crippen LogP contribution < -0.4 is 10.7 Å². The van der Waals surface area contributed by atoms with Crippen molar-refractivity contribution in [3.8, 4) is 5.75 Å². The fourth-order valence-corrected chi connectivity index (χ4v) is 3.74. The molecule has 0 aliphatic carbocycles. The zero-order valence-corrected chi connectivity index (χ0v) is 18.0. The molecular formula is C19H25BrN6O3. The standard InChI is InChI=1S/C19H25BrN6O3/c1-3-4-5-6-9-26-15-16(25(2)19(29)23-17(15)28)22-18(26)24-21-11-12-10-13(20)7-8-14(12)27/h7-8,10-11,15-16,27H,3-6,9H2,1-2H3,(H,22,24)(H,23,28,29)/b21-11+. The third-order valence-electron chi connectivity index (χ3n) is 4.97. The van der Waals surface area contributed by atoms with Gasteiger partial charge in [-0.2, -0.15) is 5.10 Å². The van der Waals surface area contributed by atoms with E-state index in [-0.39, 0.29) is 11.7 Å². The van der Waals surface area contributed by atoms with Gasteiger partial charge in [0.15, 0.2) is 12.2 Å². The maximum atomic E-state index is 12.5. The second-order valence-electron chi connectivity index (χ2n) is 7.04. The first-order chi connectivity index (χ1) is 13.9. The van der Waals surface area contributed by atoms with Gasteiger partial charge in [0.05, 0.1) is 6.21 Å². The number of imide groups is 1. The van der Waals surface area contributed by atoms with Crippen LogP contribution in [0.1, 0.15) is 38.2 Å². The molecule has 1 aromatic carbocycles. The summed E-state index contributed by atoms with van der Waals surface area (Å²) in [6, 6.07) is 3.98. The van der Waals surface area contributed by atoms with E-state index in [4.69, 9.17) is 0 Å². The first-order valence-electron chi connectivity index (χ1n) is 9.62. The van der Waals surface area contributed by atoms with Gasteiger partial charge in [-0.3, -0.25) is 10.1 Å². The molecule has 156 valence electrons. The Labute approximate surface area is 178 Å². The predicted molar refractivity (Wildman–Crippen MR) is 114 cm³/mol. The van der Waals surface area contributed by atoms with Gasteiger partial charge in [0.25, 0.3) is 5.91 Å². The second-order valence-corrected chi connectivity index (χ2v) is 7.96. The Morgan fingerprint density at radius 3 is 2.90 bits per heavy atom. The molecule has 0 bridgehead atoms. The van der Waals surface area contributed by atoms with Gasteiger partial charge in [-0.25, -0.2) is 15.2 Å². The number of unbranched alkanes of at least 4 members (excludes halogenated alkanes) is 3. The maximum Gasteiger partial charge on any atom is 0.325 e. The average molecular weight is 465 g/mol. The minimum Gasteiger partial charge on any atom is -0.507 e. The normalized spacial score (nSPS) is 21.4. The minimum atomic E-state index is -0.598. The molecule has 1 aromatic rings. The monoisotopic (exact) mass is 464 g/mol. The van der Waals surface area contributed by atoms with Gasteiger partial charge in [-0.15, -0.1) is 0 Å². The van der Waals surface area contributed by atoms with Crippen LogP contribution in [0.2, 0.25) is 0 Å². The quantitative estimate of drug-likeness (QED) is 0.325. The number of likely N-dealkylation sites (N-methyl/N-ethyl adjacent to an activating group) is 1. The molecule has 29 heavy (non-hydrogen) atoms. The lowest BCUT2D eigenvalue weighted by Crippen LogP contribution is -2.64. The van der Waals surface area contributed by atoms with Crippen molar-refractivity contribution in [2.24, 2.45) is 10.1 Å². The molecule has 0 radical (unpaired) electrons. The number of hydrogen-bond acceptors (Lipinski definition) is 7. The lowest BCUT2D eigenvalue weighted by molar-refractivity contribution is -0.127. The van der Waals surface area contributed by atoms with Crippen LogP contribution >= 0.6 is 15.9 Å². The molecule has 2 atom stereocenters. The van der Waals surface area contributed by atoms with E-state index >= 15 is 0 Å². The van der Waals surface area contributed by atoms with Crippen LogP contribution in [0.3, 0.4) is 0 Å². The zero-order valence-electron chi connectivity index (χ0n) is 16.4. The number of amides is 3. The molecule has 10 heteroatoms. The van der Waals surface area contributed by atoms with Crippen LogP contribution in [0, 0.1) is 0 Å². The third-order valence-corrected chi connectivity index (χ3v) is 5.46. The van der Waals surface area contributed by atoms with Crippen LogP contribution in [-0.4, -0.2) is 64.8 Å². The lowest BCUT2D eigenvalue weighted by Gasteiger charge is -2.36. The summed E-state index contributed by atoms with van der Waals surface area (Å²) in [6.07, 6.45) is 5.06. The summed E-state index contributed by atoms with van der Waals surface area (Å²) in [6.45, 7) is 2.77. The van der Waals surface area contributed by atoms with Gasteiger partial charge in [-0.1, -0.05) is 42.1 Å². The number of carbonyl (C=O) groups is 2. The number of nitrogens with one attached hydrogen (secondary N) is 2. The molecule has 0 aromatic heterocycles. The summed E-state index contributed by atoms with van der Waals surface area (Å²) >= 11 is 3.36. The van der Waals surface area contributed by atoms with E-state index in [0.29, 0.717) is 18.1 Å². The van der Waals surface area contributed by atoms with Crippen LogP contribution in [0.25, 0.3) is 0 Å². The molecule has 1 fully saturated rings. The van der Waals surface area contributed by atoms with Crippen molar-refractivity contribution in [3.63, 3.8) is 0 Å². The van der Waals surface area contributed by atoms with E-state index < -0.39 is 18.2 Å². The molecule has 3 rings (SSSR count). The van der Waals surface area contributed by atoms with Crippen molar-refractivity contribution >= 4 is 40.0 Å². The van der Waals surface area contributed by atoms with E-state index in [1.165, 1.54) is 11.1 Å². The Hall–Kier alpha value is -2.62. The summed E-state index contributed by atoms with van der Waals surface area (Å²) in [5.41, 5.74) is 3.41. The first-order valence-corrected chi connectivity index (χ1v) is 10.4. The van der Waals surface area contributed by atoms with Gasteiger partial charge >= 0.3 is 6.03 Å². The molecule has 0 spiro atoms. The summed E-state index contributed by atoms with van der Waals surface area (Å²) in [5.74, 6) is 0.170. The number of aromatic hydroxyl groups is 1. The van der Waals surface area contributed by atoms with E-state index in [1.54, 1.807) is 25.2 Å². The van der Waals surface area contributed by atoms with Crippen LogP contribution in [0.4, 0.5) is 4.79 Å². The highest BCUT2D eigenvalue weighted by Gasteiger charge is 2.48. The van der Waals surface area contributed by atoms with Crippen LogP contribution in [0.15, 0.2) is 32.8 Å². The first kappa shape index (κ1) is 21.1. The Morgan fingerprint density at radius 1 is 1.34 bits per heavy atom. The van der Waals surface area contributed by atoms with Crippen molar-refractivity contribution < 1.29 is 14.7 Å². The largest absolute Gasteiger partial charge is 0.507 e. The number of guanidine groups is 1. The smallest absolute Gasteiger partial charge is 0.325 e. The average Bonchev–Trinajstić information content (AvgIpc) is 3.05. The topological polar surface area (TPSA) is 110 Å². The highest BCUT2D eigenvalue weighted by atomic mass is 79.9. The fourth-order valence-electron chi connectivity index (χ4n) is 3.36. The SMILES string of the molecule is CCCCCCN1C(N/N=C/c2cc(Br)ccc2O)=NC2C1C(=O)NC(=O)N2C. The van der Waals surface area contributed by atoms with Crippen molar-refractivity contribution in [2.75, 3.05) is 13.6 Å². The van der Waals surface area contributed by atoms with E-state index in [0.717, 1.165) is 30.2 Å². The van der Waals surface area contributed by atoms with Crippen LogP contribution in [-0.2, 0) is 4.79 Å². The van der Waals surface area contributed by atoms with Crippen molar-refractivity contribution in [1.29, 1.82) is 0 Å². The van der Waals surface area contributed by atoms with Crippen LogP contribution in [0.5, 0.6) is 5.75 Å². The highest BCUT2D eigenvalue weighted by molar-refractivity contribution is 9.10. The van der Waals surface area contributed by atoms with Crippen molar-refractivity contribution in [1.82, 2.24) is 20.5 Å². The molecule has 2 heterocycles. The highest BCUT2D eigenvalue weighted by Crippen LogP contribution is 2.24. The number of carbonyl (C=O) groups excluding carboxylic acids is 2. The van der Waals surface area contributed by atoms with E-state index in [9.17, 15) is 14.7 Å². The number of aliphatic imine (C=N–C) groups is 1. The molecule has 3 N–H and O–H groups in total. The molecule has 2 aliphatic heterocycles. The van der Waals surface area contributed by atoms with Gasteiger partial charge in [0, 0.05) is 23.6 Å². The third kappa shape index (κ3) is 4.69. The molecule has 1 saturated heterocycles. The number of halogens is 1. The number of hydrazone groups is 1. The number of urea groups is 1. The molecular weight excluding hydrogens is 440 g/mol. The number of phenolic OH excluding ortho intramolecular Hbond substituents is 1. The number of fused-ring (bicyclic) bond motifs is 1. The van der Waals surface area contributed by atoms with Gasteiger partial charge in [-0.05, 0) is 24.6 Å². The van der Waals surface area contributed by atoms with E-state index in [2.05, 4.69) is 43.7 Å².